The Balaban J connectivity index is 1.67. The van der Waals surface area contributed by atoms with E-state index in [-0.39, 0.29) is 75.9 Å². The Morgan fingerprint density at radius 1 is 0.750 bits per heavy atom. The number of hydrogen-bond acceptors (Lipinski definition) is 11. The van der Waals surface area contributed by atoms with Crippen molar-refractivity contribution >= 4 is 53.3 Å². The third-order valence-electron chi connectivity index (χ3n) is 7.95. The normalized spacial score (nSPS) is 12.8. The van der Waals surface area contributed by atoms with Crippen LogP contribution in [0.15, 0.2) is 36.4 Å². The maximum atomic E-state index is 13.1. The second-order valence-corrected chi connectivity index (χ2v) is 13.7. The molecule has 0 unspecified atom stereocenters. The van der Waals surface area contributed by atoms with Gasteiger partial charge >= 0.3 is 12.1 Å². The van der Waals surface area contributed by atoms with Gasteiger partial charge in [-0.25, -0.2) is 9.59 Å². The molecule has 19 nitrogen and oxygen atoms in total. The summed E-state index contributed by atoms with van der Waals surface area (Å²) in [4.78, 5) is 97.3. The molecule has 0 aromatic heterocycles. The van der Waals surface area contributed by atoms with Crippen LogP contribution in [0.3, 0.4) is 0 Å². The van der Waals surface area contributed by atoms with Crippen molar-refractivity contribution in [3.05, 3.63) is 42.0 Å². The lowest BCUT2D eigenvalue weighted by molar-refractivity contribution is -0.137. The molecule has 8 N–H and O–H groups in total. The van der Waals surface area contributed by atoms with Gasteiger partial charge in [-0.05, 0) is 43.4 Å². The Hall–Kier alpha value is -5.56. The average Bonchev–Trinajstić information content (AvgIpc) is 3.47. The smallest absolute Gasteiger partial charge is 0.407 e. The summed E-state index contributed by atoms with van der Waals surface area (Å²) in [7, 11) is 0. The molecule has 56 heavy (non-hydrogen) atoms. The van der Waals surface area contributed by atoms with E-state index in [9.17, 15) is 38.4 Å². The van der Waals surface area contributed by atoms with Crippen LogP contribution in [0.4, 0.5) is 15.3 Å². The van der Waals surface area contributed by atoms with Crippen LogP contribution < -0.4 is 37.6 Å². The molecule has 0 fully saturated rings. The van der Waals surface area contributed by atoms with Gasteiger partial charge in [0.05, 0.1) is 33.0 Å². The minimum atomic E-state index is -1.00. The molecule has 0 spiro atoms. The quantitative estimate of drug-likeness (QED) is 0.0504. The molecule has 1 atom stereocenters. The van der Waals surface area contributed by atoms with Crippen molar-refractivity contribution in [3.63, 3.8) is 0 Å². The lowest BCUT2D eigenvalue weighted by atomic mass is 9.96. The number of rotatable bonds is 26. The van der Waals surface area contributed by atoms with Crippen molar-refractivity contribution in [2.45, 2.75) is 71.9 Å². The fourth-order valence-corrected chi connectivity index (χ4v) is 4.85. The van der Waals surface area contributed by atoms with Crippen molar-refractivity contribution in [2.24, 2.45) is 11.1 Å². The molecule has 19 heteroatoms. The van der Waals surface area contributed by atoms with Crippen molar-refractivity contribution in [3.8, 4) is 0 Å². The van der Waals surface area contributed by atoms with Gasteiger partial charge in [-0.1, -0.05) is 39.3 Å². The number of benzene rings is 1. The number of imide groups is 1. The number of nitrogens with zero attached hydrogens (tertiary/aromatic N) is 1. The lowest BCUT2D eigenvalue weighted by Crippen LogP contribution is -2.47. The van der Waals surface area contributed by atoms with Crippen molar-refractivity contribution in [1.82, 2.24) is 31.5 Å². The summed E-state index contributed by atoms with van der Waals surface area (Å²) in [5.41, 5.74) is 5.72. The first-order valence-corrected chi connectivity index (χ1v) is 18.5. The van der Waals surface area contributed by atoms with Crippen LogP contribution in [-0.4, -0.2) is 118 Å². The van der Waals surface area contributed by atoms with Gasteiger partial charge in [-0.2, -0.15) is 0 Å². The Bertz CT molecular complexity index is 1490. The maximum Gasteiger partial charge on any atom is 0.407 e. The highest BCUT2D eigenvalue weighted by atomic mass is 16.5. The van der Waals surface area contributed by atoms with Gasteiger partial charge in [0.25, 0.3) is 11.8 Å². The van der Waals surface area contributed by atoms with Crippen LogP contribution in [0.5, 0.6) is 0 Å². The summed E-state index contributed by atoms with van der Waals surface area (Å²) in [6.07, 6.45) is 4.03. The van der Waals surface area contributed by atoms with E-state index < -0.39 is 35.4 Å². The van der Waals surface area contributed by atoms with E-state index in [1.54, 1.807) is 24.3 Å². The molecule has 1 heterocycles. The van der Waals surface area contributed by atoms with Crippen LogP contribution >= 0.6 is 0 Å². The molecule has 0 bridgehead atoms. The average molecular weight is 789 g/mol. The Kier molecular flexibility index (Phi) is 21.2. The van der Waals surface area contributed by atoms with Gasteiger partial charge in [0.15, 0.2) is 0 Å². The number of ether oxygens (including phenoxy) is 3. The van der Waals surface area contributed by atoms with E-state index in [0.29, 0.717) is 63.3 Å². The van der Waals surface area contributed by atoms with E-state index in [4.69, 9.17) is 19.9 Å². The third kappa shape index (κ3) is 20.2. The predicted octanol–water partition coefficient (Wildman–Crippen LogP) is 0.582. The lowest BCUT2D eigenvalue weighted by Gasteiger charge is -2.19. The number of nitrogens with one attached hydrogen (secondary N) is 6. The van der Waals surface area contributed by atoms with Gasteiger partial charge in [-0.3, -0.25) is 33.7 Å². The third-order valence-corrected chi connectivity index (χ3v) is 7.95. The van der Waals surface area contributed by atoms with Crippen LogP contribution in [0.2, 0.25) is 0 Å². The van der Waals surface area contributed by atoms with Crippen molar-refractivity contribution < 1.29 is 52.6 Å². The predicted molar refractivity (Wildman–Crippen MR) is 203 cm³/mol. The van der Waals surface area contributed by atoms with Crippen molar-refractivity contribution in [1.29, 1.82) is 0 Å². The number of carbonyl (C=O) groups is 8. The van der Waals surface area contributed by atoms with Crippen LogP contribution in [0, 0.1) is 5.41 Å². The summed E-state index contributed by atoms with van der Waals surface area (Å²) in [6.45, 7) is 7.45. The largest absolute Gasteiger partial charge is 0.445 e. The molecular weight excluding hydrogens is 732 g/mol. The van der Waals surface area contributed by atoms with Gasteiger partial charge in [0, 0.05) is 55.9 Å². The first kappa shape index (κ1) is 46.6. The first-order chi connectivity index (χ1) is 26.6. The van der Waals surface area contributed by atoms with E-state index >= 15 is 0 Å². The van der Waals surface area contributed by atoms with Gasteiger partial charge in [-0.15, -0.1) is 0 Å². The highest BCUT2D eigenvalue weighted by molar-refractivity contribution is 6.12. The molecule has 1 aliphatic heterocycles. The number of urea groups is 1. The van der Waals surface area contributed by atoms with Crippen LogP contribution in [0.25, 0.3) is 0 Å². The summed E-state index contributed by atoms with van der Waals surface area (Å²) in [5, 5.41) is 15.7. The maximum absolute atomic E-state index is 13.1. The molecular formula is C37H56N8O11. The standard InChI is InChI=1S/C37H56N8O11/c1-37(2,3)34(51)39-17-20-54-22-23-55-21-18-41-36(53)56-25-26-10-12-27(13-11-26)43-33(50)28(8-7-16-40-35(38)52)44-30(47)24-42-29(46)9-5-4-6-19-45-31(48)14-15-32(45)49/h10-15,28H,4-9,16-25H2,1-3H3,(H,39,51)(H,41,53)(H,42,46)(H,43,50)(H,44,47)(H3,38,40,52)/t28-/m1/s1. The number of carbonyl (C=O) groups excluding carboxylic acids is 8. The Labute approximate surface area is 326 Å². The Morgan fingerprint density at radius 2 is 1.39 bits per heavy atom. The zero-order valence-electron chi connectivity index (χ0n) is 32.4. The number of nitrogens with two attached hydrogens (primary N) is 1. The van der Waals surface area contributed by atoms with E-state index in [0.717, 1.165) is 4.90 Å². The number of hydrogen-bond donors (Lipinski definition) is 7. The fourth-order valence-electron chi connectivity index (χ4n) is 4.85. The minimum absolute atomic E-state index is 0.0316. The fraction of sp³-hybridized carbons (Fsp3) is 0.568. The summed E-state index contributed by atoms with van der Waals surface area (Å²) in [6, 6.07) is 4.79. The van der Waals surface area contributed by atoms with Gasteiger partial charge < -0.3 is 51.8 Å². The number of anilines is 1. The summed E-state index contributed by atoms with van der Waals surface area (Å²) >= 11 is 0. The zero-order chi connectivity index (χ0) is 41.3. The number of unbranched alkanes of at least 4 members (excludes halogenated alkanes) is 2. The minimum Gasteiger partial charge on any atom is -0.445 e. The highest BCUT2D eigenvalue weighted by Gasteiger charge is 2.23. The first-order valence-electron chi connectivity index (χ1n) is 18.5. The van der Waals surface area contributed by atoms with Crippen molar-refractivity contribution in [2.75, 3.05) is 64.5 Å². The molecule has 310 valence electrons. The second-order valence-electron chi connectivity index (χ2n) is 13.7. The van der Waals surface area contributed by atoms with E-state index in [2.05, 4.69) is 31.9 Å². The summed E-state index contributed by atoms with van der Waals surface area (Å²) in [5.74, 6) is -2.25. The molecule has 0 saturated carbocycles. The molecule has 1 aliphatic rings. The van der Waals surface area contributed by atoms with Crippen LogP contribution in [0.1, 0.15) is 64.9 Å². The molecule has 9 amide bonds. The summed E-state index contributed by atoms with van der Waals surface area (Å²) < 4.78 is 16.0. The number of primary amides is 1. The number of alkyl carbamates (subject to hydrolysis) is 1. The van der Waals surface area contributed by atoms with Gasteiger partial charge in [0.1, 0.15) is 12.6 Å². The Morgan fingerprint density at radius 3 is 2.02 bits per heavy atom. The molecule has 0 radical (unpaired) electrons. The van der Waals surface area contributed by atoms with Gasteiger partial charge in [0.2, 0.25) is 23.6 Å². The zero-order valence-corrected chi connectivity index (χ0v) is 32.4. The van der Waals surface area contributed by atoms with E-state index in [1.165, 1.54) is 12.2 Å². The molecule has 1 aromatic rings. The molecule has 0 saturated heterocycles. The second kappa shape index (κ2) is 25.5. The number of amides is 9. The topological polar surface area (TPSA) is 266 Å². The molecule has 2 rings (SSSR count). The molecule has 0 aliphatic carbocycles. The SMILES string of the molecule is CC(C)(C)C(=O)NCCOCCOCCNC(=O)OCc1ccc(NC(=O)[C@@H](CCCNC(N)=O)NC(=O)CNC(=O)CCCCCN2C(=O)C=CC2=O)cc1. The van der Waals surface area contributed by atoms with Crippen LogP contribution in [-0.2, 0) is 49.6 Å². The monoisotopic (exact) mass is 788 g/mol. The van der Waals surface area contributed by atoms with E-state index in [1.807, 2.05) is 20.8 Å². The molecule has 1 aromatic carbocycles. The highest BCUT2D eigenvalue weighted by Crippen LogP contribution is 2.13.